The molecule has 86 heavy (non-hydrogen) atoms. The maximum Gasteiger partial charge on any atom is 0.390 e. The third kappa shape index (κ3) is 16.7. The number of carbonyl (C=O) groups is 3. The second-order valence-corrected chi connectivity index (χ2v) is 21.9. The highest BCUT2D eigenvalue weighted by Crippen LogP contribution is 2.33. The summed E-state index contributed by atoms with van der Waals surface area (Å²) in [6.45, 7) is 9.52. The van der Waals surface area contributed by atoms with Crippen LogP contribution in [0.5, 0.6) is 0 Å². The predicted octanol–water partition coefficient (Wildman–Crippen LogP) is 12.8. The summed E-state index contributed by atoms with van der Waals surface area (Å²) in [4.78, 5) is 87.3. The Morgan fingerprint density at radius 3 is 1.60 bits per heavy atom. The minimum atomic E-state index is -4.33. The minimum absolute atomic E-state index is 0. The SMILES string of the molecule is CC(C)[C@@H](Nc1ccnc(-c2c[nH]c3ncc(Cl)cc23)n1)C(=O)NCCC(F)(F)F.CCCNC(=O)C(C)(C)Nc1ccnc(-c2c[nH]c3ncc(Cl)cc23)n1.O=C(NCCC(F)(F)F)[C@H]1CCCN1c1ccnc(-c2c[nH]c3ncc(Cl)cc23)n1.[HH].[HH].[HH].[HH].[HH].[HH]. The molecule has 0 radical (unpaired) electrons. The van der Waals surface area contributed by atoms with Crippen molar-refractivity contribution in [2.45, 2.75) is 96.7 Å². The van der Waals surface area contributed by atoms with Crippen molar-refractivity contribution in [1.29, 1.82) is 0 Å². The van der Waals surface area contributed by atoms with Gasteiger partial charge in [0.05, 0.1) is 27.9 Å². The number of nitrogens with zero attached hydrogens (tertiary/aromatic N) is 10. The highest BCUT2D eigenvalue weighted by Gasteiger charge is 2.34. The summed E-state index contributed by atoms with van der Waals surface area (Å²) in [5, 5.41) is 17.6. The number of hydrogen-bond donors (Lipinski definition) is 8. The Labute approximate surface area is 512 Å². The van der Waals surface area contributed by atoms with E-state index in [-0.39, 0.29) is 20.4 Å². The summed E-state index contributed by atoms with van der Waals surface area (Å²) in [6, 6.07) is 9.00. The first-order valence-electron chi connectivity index (χ1n) is 27.0. The van der Waals surface area contributed by atoms with Crippen molar-refractivity contribution in [3.63, 3.8) is 0 Å². The van der Waals surface area contributed by atoms with E-state index in [1.54, 1.807) is 86.3 Å². The summed E-state index contributed by atoms with van der Waals surface area (Å²) < 4.78 is 74.0. The van der Waals surface area contributed by atoms with Gasteiger partial charge in [-0.05, 0) is 75.4 Å². The Kier molecular flexibility index (Phi) is 20.5. The van der Waals surface area contributed by atoms with Crippen molar-refractivity contribution >= 4 is 103 Å². The van der Waals surface area contributed by atoms with Gasteiger partial charge in [-0.25, -0.2) is 44.9 Å². The third-order valence-electron chi connectivity index (χ3n) is 13.2. The quantitative estimate of drug-likeness (QED) is 0.0371. The highest BCUT2D eigenvalue weighted by atomic mass is 35.5. The number of amides is 3. The Morgan fingerprint density at radius 1 is 0.651 bits per heavy atom. The van der Waals surface area contributed by atoms with E-state index in [2.05, 4.69) is 86.4 Å². The van der Waals surface area contributed by atoms with Gasteiger partial charge in [0.15, 0.2) is 17.5 Å². The number of nitrogens with one attached hydrogen (secondary N) is 8. The van der Waals surface area contributed by atoms with Crippen molar-refractivity contribution in [1.82, 2.24) is 75.8 Å². The van der Waals surface area contributed by atoms with E-state index in [0.717, 1.165) is 34.6 Å². The summed E-state index contributed by atoms with van der Waals surface area (Å²) in [5.74, 6) is 1.59. The zero-order chi connectivity index (χ0) is 61.9. The molecular weight excluding hydrogens is 1190 g/mol. The summed E-state index contributed by atoms with van der Waals surface area (Å²) in [5.41, 5.74) is 3.38. The largest absolute Gasteiger partial charge is 0.390 e. The predicted molar refractivity (Wildman–Crippen MR) is 330 cm³/mol. The number of rotatable bonds is 18. The molecule has 2 atom stereocenters. The van der Waals surface area contributed by atoms with Crippen LogP contribution in [-0.2, 0) is 14.4 Å². The van der Waals surface area contributed by atoms with Crippen LogP contribution in [0.3, 0.4) is 0 Å². The van der Waals surface area contributed by atoms with E-state index in [4.69, 9.17) is 34.8 Å². The first kappa shape index (κ1) is 63.6. The van der Waals surface area contributed by atoms with Crippen molar-refractivity contribution in [2.75, 3.05) is 41.7 Å². The van der Waals surface area contributed by atoms with Gasteiger partial charge in [0.25, 0.3) is 0 Å². The fourth-order valence-corrected chi connectivity index (χ4v) is 9.46. The lowest BCUT2D eigenvalue weighted by molar-refractivity contribution is -0.137. The van der Waals surface area contributed by atoms with E-state index >= 15 is 0 Å². The number of alkyl halides is 6. The number of anilines is 3. The van der Waals surface area contributed by atoms with Gasteiger partial charge in [0.1, 0.15) is 52.0 Å². The molecule has 9 aromatic rings. The molecule has 30 heteroatoms. The first-order valence-corrected chi connectivity index (χ1v) is 28.2. The van der Waals surface area contributed by atoms with E-state index in [1.165, 1.54) is 18.6 Å². The molecule has 0 aliphatic carbocycles. The molecule has 1 fully saturated rings. The van der Waals surface area contributed by atoms with Crippen LogP contribution in [0.25, 0.3) is 67.3 Å². The molecule has 0 spiro atoms. The van der Waals surface area contributed by atoms with Gasteiger partial charge in [0.2, 0.25) is 17.7 Å². The minimum Gasteiger partial charge on any atom is -0.358 e. The topological polar surface area (TPSA) is 278 Å². The Morgan fingerprint density at radius 2 is 1.12 bits per heavy atom. The molecule has 10 heterocycles. The maximum atomic E-state index is 12.4. The van der Waals surface area contributed by atoms with Crippen molar-refractivity contribution in [2.24, 2.45) is 5.92 Å². The number of fused-ring (bicyclic) bond motifs is 3. The van der Waals surface area contributed by atoms with Crippen LogP contribution in [0.4, 0.5) is 43.8 Å². The van der Waals surface area contributed by atoms with E-state index < -0.39 is 67.7 Å². The van der Waals surface area contributed by atoms with Crippen molar-refractivity contribution < 1.29 is 49.3 Å². The lowest BCUT2D eigenvalue weighted by atomic mass is 10.0. The Bertz CT molecular complexity index is 3820. The molecule has 0 saturated carbocycles. The number of aromatic amines is 3. The summed E-state index contributed by atoms with van der Waals surface area (Å²) >= 11 is 18.1. The van der Waals surface area contributed by atoms with E-state index in [9.17, 15) is 40.7 Å². The van der Waals surface area contributed by atoms with E-state index in [1.807, 2.05) is 26.8 Å². The van der Waals surface area contributed by atoms with Crippen LogP contribution in [0, 0.1) is 5.92 Å². The molecule has 3 amide bonds. The normalized spacial score (nSPS) is 13.9. The highest BCUT2D eigenvalue weighted by molar-refractivity contribution is 6.32. The average molecular weight is 1260 g/mol. The average Bonchev–Trinajstić information content (AvgIpc) is 1.66. The summed E-state index contributed by atoms with van der Waals surface area (Å²) in [6.07, 6.45) is 6.05. The standard InChI is InChI=1S/C19H18ClF3N6O.C19H20ClF3N6O.C18H21ClN6O.6H2/c20-11-8-12-13(10-27-16(12)26-9-11)17-24-5-3-15(28-17)29-7-1-2-14(29)18(30)25-6-4-19(21,22)23;1-10(2)15(18(30)25-6-4-19(21,22)23)28-14-3-5-24-17(29-14)13-9-27-16-12(13)7-11(20)8-26-16;1-4-6-21-17(26)18(2,3)25-14-5-7-20-16(24-14)13-10-23-15-12(13)8-11(19)9-22-15;;;;;;/h3,5,8-10,14H,1-2,4,6-7H2,(H,25,30)(H,26,27);3,5,7-10,15H,4,6H2,1-2H3,(H,25,30)(H,26,27)(H,24,28,29);5,7-10H,4,6H2,1-3H3,(H,21,26)(H,22,23)(H,20,24,25);6*1H/t14-;15-;;;;;;;/m11......./s1. The van der Waals surface area contributed by atoms with E-state index in [0.29, 0.717) is 97.6 Å². The summed E-state index contributed by atoms with van der Waals surface area (Å²) in [7, 11) is 0. The maximum absolute atomic E-state index is 12.4. The molecule has 8 N–H and O–H groups in total. The molecule has 10 rings (SSSR count). The van der Waals surface area contributed by atoms with Crippen LogP contribution in [0.1, 0.15) is 75.3 Å². The van der Waals surface area contributed by atoms with Crippen LogP contribution < -0.4 is 31.5 Å². The van der Waals surface area contributed by atoms with Gasteiger partial charge >= 0.3 is 12.4 Å². The lowest BCUT2D eigenvalue weighted by Gasteiger charge is -2.25. The van der Waals surface area contributed by atoms with Crippen molar-refractivity contribution in [3.05, 3.63) is 107 Å². The van der Waals surface area contributed by atoms with Gasteiger partial charge in [-0.2, -0.15) is 26.3 Å². The van der Waals surface area contributed by atoms with Gasteiger partial charge in [0, 0.05) is 123 Å². The second kappa shape index (κ2) is 27.7. The molecule has 0 aromatic carbocycles. The first-order chi connectivity index (χ1) is 40.9. The fraction of sp³-hybridized carbons (Fsp3) is 0.357. The number of aromatic nitrogens is 12. The molecule has 0 unspecified atom stereocenters. The molecule has 21 nitrogen and oxygen atoms in total. The van der Waals surface area contributed by atoms with Crippen LogP contribution >= 0.6 is 34.8 Å². The van der Waals surface area contributed by atoms with Gasteiger partial charge in [-0.15, -0.1) is 0 Å². The molecule has 1 saturated heterocycles. The molecular formula is C56H71Cl3F6N18O3. The molecule has 0 bridgehead atoms. The van der Waals surface area contributed by atoms with Crippen LogP contribution in [-0.4, -0.2) is 134 Å². The third-order valence-corrected chi connectivity index (χ3v) is 13.8. The molecule has 9 aromatic heterocycles. The number of halogens is 9. The van der Waals surface area contributed by atoms with Gasteiger partial charge < -0.3 is 46.4 Å². The molecule has 466 valence electrons. The van der Waals surface area contributed by atoms with Crippen LogP contribution in [0.2, 0.25) is 15.1 Å². The Hall–Kier alpha value is -8.43. The molecule has 1 aliphatic rings. The number of carbonyl (C=O) groups excluding carboxylic acids is 3. The lowest BCUT2D eigenvalue weighted by Crippen LogP contribution is -2.48. The smallest absolute Gasteiger partial charge is 0.358 e. The monoisotopic (exact) mass is 1260 g/mol. The Balaban J connectivity index is 0.000000457. The van der Waals surface area contributed by atoms with Gasteiger partial charge in [-0.1, -0.05) is 55.6 Å². The fourth-order valence-electron chi connectivity index (χ4n) is 8.98. The zero-order valence-electron chi connectivity index (χ0n) is 46.9. The number of H-pyrrole nitrogens is 3. The van der Waals surface area contributed by atoms with Crippen molar-refractivity contribution in [3.8, 4) is 34.2 Å². The van der Waals surface area contributed by atoms with Gasteiger partial charge in [-0.3, -0.25) is 14.4 Å². The number of pyridine rings is 3. The van der Waals surface area contributed by atoms with Crippen LogP contribution in [0.15, 0.2) is 92.2 Å². The molecule has 1 aliphatic heterocycles. The zero-order valence-corrected chi connectivity index (χ0v) is 49.1. The number of hydrogen-bond acceptors (Lipinski definition) is 15. The second-order valence-electron chi connectivity index (χ2n) is 20.6.